The van der Waals surface area contributed by atoms with Gasteiger partial charge in [-0.1, -0.05) is 13.8 Å². The van der Waals surface area contributed by atoms with Crippen LogP contribution in [-0.2, 0) is 4.79 Å². The minimum absolute atomic E-state index is 0.0341. The largest absolute Gasteiger partial charge is 0.480 e. The van der Waals surface area contributed by atoms with Gasteiger partial charge in [0.25, 0.3) is 0 Å². The van der Waals surface area contributed by atoms with Crippen LogP contribution in [0.5, 0.6) is 5.88 Å². The minimum Gasteiger partial charge on any atom is -0.480 e. The lowest BCUT2D eigenvalue weighted by Crippen LogP contribution is -2.13. The molecule has 1 aromatic heterocycles. The highest BCUT2D eigenvalue weighted by molar-refractivity contribution is 5.89. The molecule has 0 aliphatic heterocycles. The Morgan fingerprint density at radius 3 is 2.69 bits per heavy atom. The van der Waals surface area contributed by atoms with Gasteiger partial charge in [-0.05, 0) is 18.4 Å². The zero-order chi connectivity index (χ0) is 12.0. The van der Waals surface area contributed by atoms with Crippen LogP contribution in [0.25, 0.3) is 0 Å². The van der Waals surface area contributed by atoms with E-state index in [9.17, 15) is 4.79 Å². The summed E-state index contributed by atoms with van der Waals surface area (Å²) >= 11 is 0. The van der Waals surface area contributed by atoms with Crippen LogP contribution >= 0.6 is 0 Å². The van der Waals surface area contributed by atoms with Crippen LogP contribution in [0.15, 0.2) is 12.1 Å². The molecular formula is C11H17N3O2. The summed E-state index contributed by atoms with van der Waals surface area (Å²) in [5.74, 6) is 1.37. The molecular weight excluding hydrogens is 206 g/mol. The average molecular weight is 223 g/mol. The number of nitrogens with zero attached hydrogens (tertiary/aromatic N) is 2. The van der Waals surface area contributed by atoms with E-state index in [1.165, 1.54) is 7.11 Å². The van der Waals surface area contributed by atoms with Gasteiger partial charge in [-0.15, -0.1) is 10.2 Å². The van der Waals surface area contributed by atoms with Crippen molar-refractivity contribution in [3.8, 4) is 5.88 Å². The molecule has 1 aromatic rings. The van der Waals surface area contributed by atoms with Crippen LogP contribution in [0.1, 0.15) is 26.7 Å². The number of amides is 1. The summed E-state index contributed by atoms with van der Waals surface area (Å²) < 4.78 is 4.87. The van der Waals surface area contributed by atoms with Crippen LogP contribution in [0.3, 0.4) is 0 Å². The molecule has 0 aliphatic carbocycles. The Labute approximate surface area is 95.2 Å². The number of rotatable bonds is 5. The molecule has 1 N–H and O–H groups in total. The number of nitrogens with one attached hydrogen (secondary N) is 1. The first-order valence-electron chi connectivity index (χ1n) is 5.29. The van der Waals surface area contributed by atoms with E-state index in [4.69, 9.17) is 4.74 Å². The standard InChI is InChI=1S/C11H17N3O2/c1-8(2)4-6-10(15)12-9-5-7-11(16-3)14-13-9/h5,7-8H,4,6H2,1-3H3,(H,12,13,15). The molecule has 1 heterocycles. The highest BCUT2D eigenvalue weighted by atomic mass is 16.5. The van der Waals surface area contributed by atoms with E-state index in [1.54, 1.807) is 12.1 Å². The number of methoxy groups -OCH3 is 1. The molecule has 1 rings (SSSR count). The van der Waals surface area contributed by atoms with E-state index < -0.39 is 0 Å². The zero-order valence-electron chi connectivity index (χ0n) is 9.86. The number of anilines is 1. The Morgan fingerprint density at radius 1 is 1.44 bits per heavy atom. The van der Waals surface area contributed by atoms with Crippen molar-refractivity contribution < 1.29 is 9.53 Å². The molecule has 5 heteroatoms. The maximum Gasteiger partial charge on any atom is 0.233 e. The molecule has 0 aromatic carbocycles. The lowest BCUT2D eigenvalue weighted by atomic mass is 10.1. The predicted molar refractivity (Wildman–Crippen MR) is 61.3 cm³/mol. The quantitative estimate of drug-likeness (QED) is 0.827. The number of ether oxygens (including phenoxy) is 1. The van der Waals surface area contributed by atoms with E-state index in [2.05, 4.69) is 29.4 Å². The van der Waals surface area contributed by atoms with Crippen molar-refractivity contribution in [2.75, 3.05) is 12.4 Å². The summed E-state index contributed by atoms with van der Waals surface area (Å²) in [6, 6.07) is 3.32. The minimum atomic E-state index is -0.0341. The van der Waals surface area contributed by atoms with Crippen molar-refractivity contribution in [2.24, 2.45) is 5.92 Å². The molecule has 0 atom stereocenters. The zero-order valence-corrected chi connectivity index (χ0v) is 9.86. The topological polar surface area (TPSA) is 64.1 Å². The second-order valence-corrected chi connectivity index (χ2v) is 3.94. The molecule has 0 aliphatic rings. The lowest BCUT2D eigenvalue weighted by molar-refractivity contribution is -0.116. The van der Waals surface area contributed by atoms with Gasteiger partial charge in [0.05, 0.1) is 7.11 Å². The molecule has 1 amide bonds. The van der Waals surface area contributed by atoms with Crippen LogP contribution in [0, 0.1) is 5.92 Å². The van der Waals surface area contributed by atoms with Gasteiger partial charge in [0.2, 0.25) is 11.8 Å². The lowest BCUT2D eigenvalue weighted by Gasteiger charge is -2.05. The molecule has 0 bridgehead atoms. The monoisotopic (exact) mass is 223 g/mol. The van der Waals surface area contributed by atoms with Gasteiger partial charge < -0.3 is 10.1 Å². The Morgan fingerprint density at radius 2 is 2.19 bits per heavy atom. The first-order valence-corrected chi connectivity index (χ1v) is 5.29. The maximum absolute atomic E-state index is 11.5. The fourth-order valence-electron chi connectivity index (χ4n) is 1.12. The third-order valence-electron chi connectivity index (χ3n) is 2.07. The van der Waals surface area contributed by atoms with E-state index in [0.717, 1.165) is 6.42 Å². The molecule has 0 unspecified atom stereocenters. The van der Waals surface area contributed by atoms with Gasteiger partial charge in [-0.2, -0.15) is 0 Å². The Balaban J connectivity index is 2.43. The molecule has 16 heavy (non-hydrogen) atoms. The Kier molecular flexibility index (Phi) is 4.69. The van der Waals surface area contributed by atoms with Crippen molar-refractivity contribution in [1.82, 2.24) is 10.2 Å². The number of hydrogen-bond acceptors (Lipinski definition) is 4. The smallest absolute Gasteiger partial charge is 0.233 e. The van der Waals surface area contributed by atoms with Crippen LogP contribution in [0.2, 0.25) is 0 Å². The first kappa shape index (κ1) is 12.4. The Bertz CT molecular complexity index is 336. The molecule has 0 spiro atoms. The Hall–Kier alpha value is -1.65. The average Bonchev–Trinajstić information content (AvgIpc) is 2.27. The summed E-state index contributed by atoms with van der Waals surface area (Å²) in [5.41, 5.74) is 0. The van der Waals surface area contributed by atoms with E-state index in [-0.39, 0.29) is 5.91 Å². The second kappa shape index (κ2) is 6.05. The molecule has 0 saturated carbocycles. The van der Waals surface area contributed by atoms with E-state index in [0.29, 0.717) is 24.0 Å². The summed E-state index contributed by atoms with van der Waals surface area (Å²) in [7, 11) is 1.52. The summed E-state index contributed by atoms with van der Waals surface area (Å²) in [4.78, 5) is 11.5. The molecule has 0 saturated heterocycles. The summed E-state index contributed by atoms with van der Waals surface area (Å²) in [6.45, 7) is 4.17. The highest BCUT2D eigenvalue weighted by Gasteiger charge is 2.05. The fraction of sp³-hybridized carbons (Fsp3) is 0.545. The maximum atomic E-state index is 11.5. The molecule has 5 nitrogen and oxygen atoms in total. The predicted octanol–water partition coefficient (Wildman–Crippen LogP) is 1.86. The van der Waals surface area contributed by atoms with Gasteiger partial charge in [-0.25, -0.2) is 0 Å². The molecule has 88 valence electrons. The van der Waals surface area contributed by atoms with Crippen molar-refractivity contribution in [3.63, 3.8) is 0 Å². The number of hydrogen-bond donors (Lipinski definition) is 1. The molecule has 0 radical (unpaired) electrons. The van der Waals surface area contributed by atoms with Crippen LogP contribution in [0.4, 0.5) is 5.82 Å². The van der Waals surface area contributed by atoms with Gasteiger partial charge >= 0.3 is 0 Å². The van der Waals surface area contributed by atoms with Gasteiger partial charge in [0, 0.05) is 12.5 Å². The van der Waals surface area contributed by atoms with Gasteiger partial charge in [-0.3, -0.25) is 4.79 Å². The van der Waals surface area contributed by atoms with E-state index >= 15 is 0 Å². The van der Waals surface area contributed by atoms with Crippen molar-refractivity contribution in [2.45, 2.75) is 26.7 Å². The number of aromatic nitrogens is 2. The SMILES string of the molecule is COc1ccc(NC(=O)CCC(C)C)nn1. The summed E-state index contributed by atoms with van der Waals surface area (Å²) in [6.07, 6.45) is 1.38. The molecule has 0 fully saturated rings. The highest BCUT2D eigenvalue weighted by Crippen LogP contribution is 2.09. The van der Waals surface area contributed by atoms with Gasteiger partial charge in [0.15, 0.2) is 5.82 Å². The first-order chi connectivity index (χ1) is 7.61. The van der Waals surface area contributed by atoms with Crippen LogP contribution in [-0.4, -0.2) is 23.2 Å². The third-order valence-corrected chi connectivity index (χ3v) is 2.07. The van der Waals surface area contributed by atoms with Gasteiger partial charge in [0.1, 0.15) is 0 Å². The second-order valence-electron chi connectivity index (χ2n) is 3.94. The number of carbonyl (C=O) groups is 1. The van der Waals surface area contributed by atoms with Crippen molar-refractivity contribution in [3.05, 3.63) is 12.1 Å². The third kappa shape index (κ3) is 4.25. The normalized spacial score (nSPS) is 10.2. The van der Waals surface area contributed by atoms with Crippen LogP contribution < -0.4 is 10.1 Å². The number of carbonyl (C=O) groups excluding carboxylic acids is 1. The van der Waals surface area contributed by atoms with Crippen molar-refractivity contribution >= 4 is 11.7 Å². The van der Waals surface area contributed by atoms with Crippen molar-refractivity contribution in [1.29, 1.82) is 0 Å². The fourth-order valence-corrected chi connectivity index (χ4v) is 1.12. The summed E-state index contributed by atoms with van der Waals surface area (Å²) in [5, 5.41) is 10.2. The van der Waals surface area contributed by atoms with E-state index in [1.807, 2.05) is 0 Å².